The van der Waals surface area contributed by atoms with Crippen molar-refractivity contribution in [2.45, 2.75) is 50.6 Å². The second kappa shape index (κ2) is 6.08. The van der Waals surface area contributed by atoms with E-state index in [0.29, 0.717) is 6.54 Å². The average Bonchev–Trinajstić information content (AvgIpc) is 2.93. The number of halogens is 1. The number of aromatic amines is 1. The first kappa shape index (κ1) is 16.8. The molecule has 2 aromatic rings. The zero-order valence-electron chi connectivity index (χ0n) is 15.2. The van der Waals surface area contributed by atoms with E-state index in [1.807, 2.05) is 0 Å². The third-order valence-electron chi connectivity index (χ3n) is 6.68. The molecule has 4 fully saturated rings. The maximum atomic E-state index is 13.4. The van der Waals surface area contributed by atoms with Crippen LogP contribution in [0, 0.1) is 23.6 Å². The van der Waals surface area contributed by atoms with Crippen LogP contribution < -0.4 is 10.9 Å². The lowest BCUT2D eigenvalue weighted by Crippen LogP contribution is -2.60. The summed E-state index contributed by atoms with van der Waals surface area (Å²) in [6.45, 7) is 0.317. The third-order valence-corrected chi connectivity index (χ3v) is 6.68. The molecule has 6 heteroatoms. The van der Waals surface area contributed by atoms with Crippen molar-refractivity contribution in [2.24, 2.45) is 17.8 Å². The van der Waals surface area contributed by atoms with Gasteiger partial charge in [-0.3, -0.25) is 19.4 Å². The second-order valence-corrected chi connectivity index (χ2v) is 8.89. The van der Waals surface area contributed by atoms with E-state index in [4.69, 9.17) is 0 Å². The minimum Gasteiger partial charge on any atom is -0.346 e. The molecule has 6 rings (SSSR count). The minimum absolute atomic E-state index is 0.122. The Kier molecular flexibility index (Phi) is 3.78. The van der Waals surface area contributed by atoms with Crippen molar-refractivity contribution in [2.75, 3.05) is 0 Å². The molecule has 0 atom stereocenters. The van der Waals surface area contributed by atoms with Gasteiger partial charge in [0.2, 0.25) is 0 Å². The van der Waals surface area contributed by atoms with Gasteiger partial charge in [0, 0.05) is 11.7 Å². The highest BCUT2D eigenvalue weighted by Gasteiger charge is 2.51. The van der Waals surface area contributed by atoms with Crippen LogP contribution in [0.1, 0.15) is 54.4 Å². The Labute approximate surface area is 156 Å². The summed E-state index contributed by atoms with van der Waals surface area (Å²) in [5.74, 6) is 1.59. The van der Waals surface area contributed by atoms with Crippen LogP contribution in [-0.2, 0) is 6.54 Å². The van der Waals surface area contributed by atoms with E-state index in [2.05, 4.69) is 10.4 Å². The first-order valence-electron chi connectivity index (χ1n) is 9.84. The molecule has 0 saturated heterocycles. The van der Waals surface area contributed by atoms with E-state index in [-0.39, 0.29) is 22.8 Å². The Morgan fingerprint density at radius 2 is 1.85 bits per heavy atom. The number of amides is 1. The zero-order chi connectivity index (χ0) is 18.6. The smallest absolute Gasteiger partial charge is 0.276 e. The number of hydrogen-bond acceptors (Lipinski definition) is 2. The van der Waals surface area contributed by atoms with E-state index in [0.717, 1.165) is 42.6 Å². The van der Waals surface area contributed by atoms with E-state index in [1.165, 1.54) is 31.4 Å². The Balaban J connectivity index is 1.34. The highest BCUT2D eigenvalue weighted by Crippen LogP contribution is 2.55. The first-order chi connectivity index (χ1) is 13.0. The zero-order valence-corrected chi connectivity index (χ0v) is 15.2. The number of rotatable bonds is 4. The first-order valence-corrected chi connectivity index (χ1v) is 9.84. The number of nitrogens with zero attached hydrogens (tertiary/aromatic N) is 1. The molecule has 4 bridgehead atoms. The van der Waals surface area contributed by atoms with Crippen LogP contribution in [-0.4, -0.2) is 21.2 Å². The highest BCUT2D eigenvalue weighted by atomic mass is 19.1. The molecule has 0 radical (unpaired) electrons. The quantitative estimate of drug-likeness (QED) is 0.870. The van der Waals surface area contributed by atoms with E-state index < -0.39 is 5.56 Å². The molecule has 0 unspecified atom stereocenters. The van der Waals surface area contributed by atoms with Gasteiger partial charge in [-0.15, -0.1) is 0 Å². The summed E-state index contributed by atoms with van der Waals surface area (Å²) in [6, 6.07) is 6.23. The normalized spacial score (nSPS) is 31.2. The molecule has 142 valence electrons. The van der Waals surface area contributed by atoms with Gasteiger partial charge < -0.3 is 5.32 Å². The Morgan fingerprint density at radius 3 is 2.48 bits per heavy atom. The molecule has 4 aliphatic carbocycles. The van der Waals surface area contributed by atoms with E-state index in [1.54, 1.807) is 23.0 Å². The topological polar surface area (TPSA) is 66.9 Å². The van der Waals surface area contributed by atoms with Crippen molar-refractivity contribution >= 4 is 5.91 Å². The summed E-state index contributed by atoms with van der Waals surface area (Å²) in [7, 11) is 0. The lowest BCUT2D eigenvalue weighted by Gasteiger charge is -2.56. The number of aromatic nitrogens is 2. The van der Waals surface area contributed by atoms with E-state index >= 15 is 0 Å². The molecule has 1 amide bonds. The molecule has 0 spiro atoms. The average molecular weight is 369 g/mol. The number of carbonyl (C=O) groups is 1. The number of nitrogens with one attached hydrogen (secondary N) is 2. The van der Waals surface area contributed by atoms with Gasteiger partial charge in [-0.25, -0.2) is 4.39 Å². The minimum atomic E-state index is -0.395. The fraction of sp³-hybridized carbons (Fsp3) is 0.524. The van der Waals surface area contributed by atoms with Crippen LogP contribution in [0.25, 0.3) is 0 Å². The van der Waals surface area contributed by atoms with Crippen molar-refractivity contribution in [1.29, 1.82) is 0 Å². The Bertz CT molecular complexity index is 910. The second-order valence-electron chi connectivity index (χ2n) is 8.89. The molecule has 4 saturated carbocycles. The SMILES string of the molecule is O=C(NC12CC3CC(CC(C3)C1)C2)c1cn(Cc2cccc(F)c2)[nH]c1=O. The predicted molar refractivity (Wildman–Crippen MR) is 98.9 cm³/mol. The van der Waals surface area contributed by atoms with Crippen molar-refractivity contribution in [3.8, 4) is 0 Å². The molecular weight excluding hydrogens is 345 g/mol. The van der Waals surface area contributed by atoms with Crippen LogP contribution in [0.5, 0.6) is 0 Å². The van der Waals surface area contributed by atoms with Gasteiger partial charge >= 0.3 is 0 Å². The largest absolute Gasteiger partial charge is 0.346 e. The van der Waals surface area contributed by atoms with E-state index in [9.17, 15) is 14.0 Å². The summed E-state index contributed by atoms with van der Waals surface area (Å²) in [5, 5.41) is 5.92. The number of hydrogen-bond donors (Lipinski definition) is 2. The molecule has 5 nitrogen and oxygen atoms in total. The molecule has 27 heavy (non-hydrogen) atoms. The van der Waals surface area contributed by atoms with Crippen molar-refractivity contribution in [3.05, 3.63) is 57.8 Å². The molecule has 2 N–H and O–H groups in total. The maximum absolute atomic E-state index is 13.4. The molecular formula is C21H24FN3O2. The van der Waals surface area contributed by atoms with Gasteiger partial charge in [0.1, 0.15) is 11.4 Å². The number of H-pyrrole nitrogens is 1. The van der Waals surface area contributed by atoms with Gasteiger partial charge in [-0.05, 0) is 74.0 Å². The van der Waals surface area contributed by atoms with Crippen LogP contribution >= 0.6 is 0 Å². The lowest BCUT2D eigenvalue weighted by molar-refractivity contribution is -0.0167. The van der Waals surface area contributed by atoms with Crippen LogP contribution in [0.4, 0.5) is 4.39 Å². The van der Waals surface area contributed by atoms with Crippen molar-refractivity contribution in [3.63, 3.8) is 0 Å². The summed E-state index contributed by atoms with van der Waals surface area (Å²) in [4.78, 5) is 25.2. The predicted octanol–water partition coefficient (Wildman–Crippen LogP) is 3.06. The fourth-order valence-corrected chi connectivity index (χ4v) is 6.09. The summed E-state index contributed by atoms with van der Waals surface area (Å²) in [6.07, 6.45) is 8.61. The van der Waals surface area contributed by atoms with Gasteiger partial charge in [0.05, 0.1) is 6.54 Å². The summed E-state index contributed by atoms with van der Waals surface area (Å²) < 4.78 is 14.9. The number of benzene rings is 1. The lowest BCUT2D eigenvalue weighted by atomic mass is 9.53. The Morgan fingerprint density at radius 1 is 1.19 bits per heavy atom. The van der Waals surface area contributed by atoms with Gasteiger partial charge in [-0.1, -0.05) is 12.1 Å². The van der Waals surface area contributed by atoms with Crippen molar-refractivity contribution < 1.29 is 9.18 Å². The molecule has 0 aliphatic heterocycles. The fourth-order valence-electron chi connectivity index (χ4n) is 6.09. The molecule has 1 heterocycles. The van der Waals surface area contributed by atoms with Crippen LogP contribution in [0.2, 0.25) is 0 Å². The molecule has 4 aliphatic rings. The van der Waals surface area contributed by atoms with Gasteiger partial charge in [0.25, 0.3) is 11.5 Å². The maximum Gasteiger partial charge on any atom is 0.276 e. The van der Waals surface area contributed by atoms with Crippen LogP contribution in [0.15, 0.2) is 35.3 Å². The molecule has 1 aromatic heterocycles. The van der Waals surface area contributed by atoms with Crippen LogP contribution in [0.3, 0.4) is 0 Å². The molecule has 1 aromatic carbocycles. The third kappa shape index (κ3) is 3.11. The Hall–Kier alpha value is -2.37. The summed E-state index contributed by atoms with van der Waals surface area (Å²) >= 11 is 0. The number of carbonyl (C=O) groups excluding carboxylic acids is 1. The van der Waals surface area contributed by atoms with Crippen molar-refractivity contribution in [1.82, 2.24) is 15.1 Å². The summed E-state index contributed by atoms with van der Waals surface area (Å²) in [5.41, 5.74) is 0.355. The van der Waals surface area contributed by atoms with Gasteiger partial charge in [0.15, 0.2) is 0 Å². The standard InChI is InChI=1S/C21H24FN3O2/c22-17-3-1-2-13(7-17)11-25-12-18(20(27)24-25)19(26)23-21-8-14-4-15(9-21)6-16(5-14)10-21/h1-3,7,12,14-16H,4-6,8-11H2,(H,23,26)(H,24,27). The monoisotopic (exact) mass is 369 g/mol. The van der Waals surface area contributed by atoms with Gasteiger partial charge in [-0.2, -0.15) is 0 Å². The highest BCUT2D eigenvalue weighted by molar-refractivity contribution is 5.94.